The van der Waals surface area contributed by atoms with Gasteiger partial charge in [-0.2, -0.15) is 0 Å². The summed E-state index contributed by atoms with van der Waals surface area (Å²) in [7, 11) is 0. The first-order valence-electron chi connectivity index (χ1n) is 6.95. The van der Waals surface area contributed by atoms with Crippen molar-refractivity contribution in [3.8, 4) is 0 Å². The first kappa shape index (κ1) is 18.2. The Morgan fingerprint density at radius 1 is 1.05 bits per heavy atom. The van der Waals surface area contributed by atoms with Gasteiger partial charge in [0, 0.05) is 13.1 Å². The van der Waals surface area contributed by atoms with Crippen LogP contribution in [0.5, 0.6) is 0 Å². The maximum absolute atomic E-state index is 11.6. The number of rotatable bonds is 6. The molecule has 0 aromatic rings. The van der Waals surface area contributed by atoms with Gasteiger partial charge in [-0.1, -0.05) is 41.5 Å². The molecule has 1 amide bonds. The van der Waals surface area contributed by atoms with Crippen molar-refractivity contribution in [1.29, 1.82) is 0 Å². The minimum atomic E-state index is -0.462. The molecule has 0 heterocycles. The number of nitrogens with zero attached hydrogens (tertiary/aromatic N) is 1. The molecule has 5 heteroatoms. The van der Waals surface area contributed by atoms with Crippen LogP contribution in [0.25, 0.3) is 0 Å². The summed E-state index contributed by atoms with van der Waals surface area (Å²) in [5, 5.41) is 3.10. The molecule has 0 fully saturated rings. The number of carbonyl (C=O) groups is 1. The van der Waals surface area contributed by atoms with Crippen LogP contribution in [0.4, 0.5) is 4.79 Å². The van der Waals surface area contributed by atoms with Crippen molar-refractivity contribution in [1.82, 2.24) is 10.2 Å². The van der Waals surface area contributed by atoms with Gasteiger partial charge in [0.25, 0.3) is 0 Å². The number of thiocarbonyl (C=S) groups is 1. The third-order valence-corrected chi connectivity index (χ3v) is 2.58. The number of amides is 1. The maximum atomic E-state index is 11.6. The molecule has 0 aromatic carbocycles. The van der Waals surface area contributed by atoms with Crippen LogP contribution in [0.15, 0.2) is 0 Å². The van der Waals surface area contributed by atoms with E-state index in [2.05, 4.69) is 33.0 Å². The Morgan fingerprint density at radius 3 is 1.89 bits per heavy atom. The van der Waals surface area contributed by atoms with E-state index in [9.17, 15) is 4.79 Å². The molecule has 0 radical (unpaired) electrons. The summed E-state index contributed by atoms with van der Waals surface area (Å²) in [5.74, 6) is 1.30. The maximum Gasteiger partial charge on any atom is 0.413 e. The highest BCUT2D eigenvalue weighted by molar-refractivity contribution is 7.80. The van der Waals surface area contributed by atoms with Crippen LogP contribution in [0.2, 0.25) is 0 Å². The van der Waals surface area contributed by atoms with Crippen molar-refractivity contribution in [2.45, 2.75) is 41.5 Å². The number of alkyl carbamates (subject to hydrolysis) is 1. The Morgan fingerprint density at radius 2 is 1.53 bits per heavy atom. The largest absolute Gasteiger partial charge is 0.449 e. The molecule has 0 unspecified atom stereocenters. The van der Waals surface area contributed by atoms with Crippen LogP contribution in [-0.2, 0) is 4.74 Å². The van der Waals surface area contributed by atoms with E-state index in [4.69, 9.17) is 17.0 Å². The molecule has 19 heavy (non-hydrogen) atoms. The van der Waals surface area contributed by atoms with Crippen molar-refractivity contribution in [3.63, 3.8) is 0 Å². The van der Waals surface area contributed by atoms with E-state index in [1.165, 1.54) is 0 Å². The molecule has 1 N–H and O–H groups in total. The summed E-state index contributed by atoms with van der Waals surface area (Å²) in [5.41, 5.74) is 0. The summed E-state index contributed by atoms with van der Waals surface area (Å²) in [6.07, 6.45) is -0.462. The van der Waals surface area contributed by atoms with Crippen LogP contribution < -0.4 is 5.32 Å². The second kappa shape index (κ2) is 9.13. The van der Waals surface area contributed by atoms with Gasteiger partial charge in [-0.15, -0.1) is 0 Å². The summed E-state index contributed by atoms with van der Waals surface area (Å²) in [6.45, 7) is 14.6. The number of hydrogen-bond donors (Lipinski definition) is 1. The van der Waals surface area contributed by atoms with Crippen molar-refractivity contribution in [3.05, 3.63) is 0 Å². The molecule has 0 aliphatic carbocycles. The number of carbonyl (C=O) groups excluding carboxylic acids is 1. The summed E-state index contributed by atoms with van der Waals surface area (Å²) < 4.78 is 5.07. The topological polar surface area (TPSA) is 41.6 Å². The van der Waals surface area contributed by atoms with Gasteiger partial charge in [0.15, 0.2) is 5.11 Å². The number of ether oxygens (including phenoxy) is 1. The molecular formula is C14H28N2O2S. The Bertz CT molecular complexity index is 281. The van der Waals surface area contributed by atoms with E-state index in [1.54, 1.807) is 0 Å². The lowest BCUT2D eigenvalue weighted by Gasteiger charge is -2.28. The fourth-order valence-electron chi connectivity index (χ4n) is 1.57. The molecule has 112 valence electrons. The Hall–Kier alpha value is -0.840. The smallest absolute Gasteiger partial charge is 0.413 e. The first-order chi connectivity index (χ1) is 8.72. The predicted octanol–water partition coefficient (Wildman–Crippen LogP) is 3.27. The highest BCUT2D eigenvalue weighted by Crippen LogP contribution is 2.04. The van der Waals surface area contributed by atoms with Gasteiger partial charge in [-0.3, -0.25) is 5.32 Å². The zero-order chi connectivity index (χ0) is 15.0. The molecule has 0 saturated carbocycles. The van der Waals surface area contributed by atoms with E-state index >= 15 is 0 Å². The summed E-state index contributed by atoms with van der Waals surface area (Å²) in [6, 6.07) is 0. The summed E-state index contributed by atoms with van der Waals surface area (Å²) >= 11 is 5.28. The van der Waals surface area contributed by atoms with E-state index in [0.29, 0.717) is 29.5 Å². The van der Waals surface area contributed by atoms with E-state index < -0.39 is 6.09 Å². The van der Waals surface area contributed by atoms with Gasteiger partial charge < -0.3 is 9.64 Å². The van der Waals surface area contributed by atoms with Gasteiger partial charge in [-0.05, 0) is 30.0 Å². The van der Waals surface area contributed by atoms with Crippen LogP contribution in [-0.4, -0.2) is 35.8 Å². The zero-order valence-corrected chi connectivity index (χ0v) is 13.8. The molecule has 0 aliphatic heterocycles. The molecule has 4 nitrogen and oxygen atoms in total. The highest BCUT2D eigenvalue weighted by atomic mass is 32.1. The fraction of sp³-hybridized carbons (Fsp3) is 0.857. The standard InChI is InChI=1S/C14H28N2O2S/c1-10(2)7-16(8-11(3)4)13(19)15-14(17)18-9-12(5)6/h10-12H,7-9H2,1-6H3,(H,15,17,19). The van der Waals surface area contributed by atoms with Crippen molar-refractivity contribution >= 4 is 23.4 Å². The van der Waals surface area contributed by atoms with Crippen LogP contribution >= 0.6 is 12.2 Å². The summed E-state index contributed by atoms with van der Waals surface area (Å²) in [4.78, 5) is 13.6. The van der Waals surface area contributed by atoms with Crippen molar-refractivity contribution < 1.29 is 9.53 Å². The lowest BCUT2D eigenvalue weighted by Crippen LogP contribution is -2.46. The molecule has 0 rings (SSSR count). The zero-order valence-electron chi connectivity index (χ0n) is 13.0. The monoisotopic (exact) mass is 288 g/mol. The van der Waals surface area contributed by atoms with E-state index in [0.717, 1.165) is 13.1 Å². The minimum absolute atomic E-state index is 0.321. The van der Waals surface area contributed by atoms with Gasteiger partial charge in [0.1, 0.15) is 0 Å². The number of hydrogen-bond acceptors (Lipinski definition) is 3. The molecule has 0 saturated heterocycles. The van der Waals surface area contributed by atoms with E-state index in [1.807, 2.05) is 18.7 Å². The molecular weight excluding hydrogens is 260 g/mol. The van der Waals surface area contributed by atoms with Crippen molar-refractivity contribution in [2.75, 3.05) is 19.7 Å². The molecule has 0 bridgehead atoms. The van der Waals surface area contributed by atoms with Crippen LogP contribution in [0.1, 0.15) is 41.5 Å². The van der Waals surface area contributed by atoms with Gasteiger partial charge >= 0.3 is 6.09 Å². The average molecular weight is 288 g/mol. The molecule has 0 atom stereocenters. The fourth-order valence-corrected chi connectivity index (χ4v) is 1.80. The van der Waals surface area contributed by atoms with Crippen molar-refractivity contribution in [2.24, 2.45) is 17.8 Å². The van der Waals surface area contributed by atoms with Gasteiger partial charge in [-0.25, -0.2) is 4.79 Å². The third kappa shape index (κ3) is 9.70. The second-order valence-electron chi connectivity index (χ2n) is 6.12. The third-order valence-electron chi connectivity index (χ3n) is 2.22. The quantitative estimate of drug-likeness (QED) is 0.762. The Labute approximate surface area is 122 Å². The van der Waals surface area contributed by atoms with Gasteiger partial charge in [0.05, 0.1) is 6.61 Å². The van der Waals surface area contributed by atoms with E-state index in [-0.39, 0.29) is 0 Å². The first-order valence-corrected chi connectivity index (χ1v) is 7.35. The second-order valence-corrected chi connectivity index (χ2v) is 6.50. The lowest BCUT2D eigenvalue weighted by atomic mass is 10.1. The minimum Gasteiger partial charge on any atom is -0.449 e. The Kier molecular flexibility index (Phi) is 8.72. The van der Waals surface area contributed by atoms with Crippen LogP contribution in [0, 0.1) is 17.8 Å². The normalized spacial score (nSPS) is 11.0. The average Bonchev–Trinajstić information content (AvgIpc) is 2.24. The van der Waals surface area contributed by atoms with Crippen LogP contribution in [0.3, 0.4) is 0 Å². The Balaban J connectivity index is 4.33. The van der Waals surface area contributed by atoms with Gasteiger partial charge in [0.2, 0.25) is 0 Å². The highest BCUT2D eigenvalue weighted by Gasteiger charge is 2.16. The molecule has 0 spiro atoms. The number of nitrogens with one attached hydrogen (secondary N) is 1. The molecule has 0 aromatic heterocycles. The SMILES string of the molecule is CC(C)COC(=O)NC(=S)N(CC(C)C)CC(C)C. The lowest BCUT2D eigenvalue weighted by molar-refractivity contribution is 0.137. The molecule has 0 aliphatic rings. The predicted molar refractivity (Wildman–Crippen MR) is 83.2 cm³/mol.